The average molecular weight is 422 g/mol. The molecule has 8 nitrogen and oxygen atoms in total. The molecule has 1 fully saturated rings. The van der Waals surface area contributed by atoms with Crippen LogP contribution in [-0.4, -0.2) is 39.2 Å². The number of hydrogen-bond donors (Lipinski definition) is 2. The Morgan fingerprint density at radius 1 is 1.13 bits per heavy atom. The molecule has 0 saturated carbocycles. The van der Waals surface area contributed by atoms with Crippen LogP contribution >= 0.6 is 0 Å². The molecule has 2 amide bonds. The number of anilines is 2. The van der Waals surface area contributed by atoms with Crippen molar-refractivity contribution in [2.24, 2.45) is 11.8 Å². The van der Waals surface area contributed by atoms with E-state index in [0.717, 1.165) is 0 Å². The van der Waals surface area contributed by atoms with Gasteiger partial charge in [-0.3, -0.25) is 19.1 Å². The SMILES string of the molecule is O=C(O)C1CC(=O)N(c2cnn3c2CC(C(=O)Nc2cc(F)c(F)c(F)c2)CC3)C1. The first-order valence-corrected chi connectivity index (χ1v) is 9.28. The standard InChI is InChI=1S/C19H17F3N4O4/c20-12-5-11(6-13(21)17(12)22)24-18(28)9-1-2-26-14(3-9)15(7-23-26)25-8-10(19(29)30)4-16(25)27/h5-7,9-10H,1-4,8H2,(H,24,28)(H,29,30). The summed E-state index contributed by atoms with van der Waals surface area (Å²) in [5.74, 6) is -7.70. The second-order valence-corrected chi connectivity index (χ2v) is 7.38. The highest BCUT2D eigenvalue weighted by Crippen LogP contribution is 2.33. The van der Waals surface area contributed by atoms with Crippen molar-refractivity contribution in [3.05, 3.63) is 41.5 Å². The number of halogens is 3. The highest BCUT2D eigenvalue weighted by atomic mass is 19.2. The molecule has 11 heteroatoms. The Labute approximate surface area is 168 Å². The number of carbonyl (C=O) groups excluding carboxylic acids is 2. The van der Waals surface area contributed by atoms with Crippen molar-refractivity contribution in [1.82, 2.24) is 9.78 Å². The van der Waals surface area contributed by atoms with Crippen LogP contribution in [0.3, 0.4) is 0 Å². The van der Waals surface area contributed by atoms with Gasteiger partial charge in [-0.05, 0) is 6.42 Å². The summed E-state index contributed by atoms with van der Waals surface area (Å²) in [4.78, 5) is 37.4. The molecule has 0 bridgehead atoms. The molecule has 2 aliphatic heterocycles. The van der Waals surface area contributed by atoms with Gasteiger partial charge in [0.1, 0.15) is 0 Å². The number of carbonyl (C=O) groups is 3. The van der Waals surface area contributed by atoms with Crippen LogP contribution in [-0.2, 0) is 27.3 Å². The second-order valence-electron chi connectivity index (χ2n) is 7.38. The lowest BCUT2D eigenvalue weighted by Gasteiger charge is -2.25. The molecule has 2 atom stereocenters. The topological polar surface area (TPSA) is 105 Å². The number of nitrogens with zero attached hydrogens (tertiary/aromatic N) is 3. The fourth-order valence-electron chi connectivity index (χ4n) is 3.84. The lowest BCUT2D eigenvalue weighted by molar-refractivity contribution is -0.141. The normalized spacial score (nSPS) is 20.9. The maximum absolute atomic E-state index is 13.4. The number of aryl methyl sites for hydroxylation is 1. The molecule has 1 aromatic carbocycles. The number of carboxylic acids is 1. The van der Waals surface area contributed by atoms with Gasteiger partial charge >= 0.3 is 5.97 Å². The summed E-state index contributed by atoms with van der Waals surface area (Å²) in [6.45, 7) is 0.405. The average Bonchev–Trinajstić information content (AvgIpc) is 3.28. The molecule has 2 aromatic rings. The third kappa shape index (κ3) is 3.51. The van der Waals surface area contributed by atoms with Crippen molar-refractivity contribution in [3.8, 4) is 0 Å². The zero-order valence-electron chi connectivity index (χ0n) is 15.6. The Morgan fingerprint density at radius 3 is 2.47 bits per heavy atom. The van der Waals surface area contributed by atoms with Gasteiger partial charge in [0.25, 0.3) is 0 Å². The minimum absolute atomic E-state index is 0.0257. The van der Waals surface area contributed by atoms with Gasteiger partial charge in [-0.1, -0.05) is 0 Å². The number of amides is 2. The first-order chi connectivity index (χ1) is 14.2. The van der Waals surface area contributed by atoms with E-state index in [0.29, 0.717) is 36.5 Å². The molecule has 3 heterocycles. The Morgan fingerprint density at radius 2 is 1.83 bits per heavy atom. The second kappa shape index (κ2) is 7.47. The van der Waals surface area contributed by atoms with Gasteiger partial charge in [0.05, 0.1) is 23.5 Å². The Hall–Kier alpha value is -3.37. The van der Waals surface area contributed by atoms with Crippen LogP contribution in [0.15, 0.2) is 18.3 Å². The summed E-state index contributed by atoms with van der Waals surface area (Å²) in [6.07, 6.45) is 1.97. The largest absolute Gasteiger partial charge is 0.481 e. The van der Waals surface area contributed by atoms with E-state index in [2.05, 4.69) is 10.4 Å². The first kappa shape index (κ1) is 19.9. The monoisotopic (exact) mass is 422 g/mol. The van der Waals surface area contributed by atoms with Crippen molar-refractivity contribution < 1.29 is 32.7 Å². The van der Waals surface area contributed by atoms with Crippen LogP contribution in [0.5, 0.6) is 0 Å². The van der Waals surface area contributed by atoms with Crippen molar-refractivity contribution in [2.75, 3.05) is 16.8 Å². The number of fused-ring (bicyclic) bond motifs is 1. The molecule has 0 radical (unpaired) electrons. The maximum Gasteiger partial charge on any atom is 0.308 e. The van der Waals surface area contributed by atoms with E-state index in [1.54, 1.807) is 4.68 Å². The van der Waals surface area contributed by atoms with E-state index in [4.69, 9.17) is 5.11 Å². The van der Waals surface area contributed by atoms with Crippen LogP contribution in [0.1, 0.15) is 18.5 Å². The summed E-state index contributed by atoms with van der Waals surface area (Å²) in [5, 5.41) is 15.8. The number of nitrogens with one attached hydrogen (secondary N) is 1. The number of hydrogen-bond acceptors (Lipinski definition) is 4. The molecule has 2 unspecified atom stereocenters. The van der Waals surface area contributed by atoms with Crippen molar-refractivity contribution in [1.29, 1.82) is 0 Å². The Balaban J connectivity index is 1.51. The summed E-state index contributed by atoms with van der Waals surface area (Å²) < 4.78 is 41.5. The number of rotatable bonds is 4. The molecule has 2 aliphatic rings. The van der Waals surface area contributed by atoms with Gasteiger partial charge in [0.15, 0.2) is 17.5 Å². The summed E-state index contributed by atoms with van der Waals surface area (Å²) in [7, 11) is 0. The van der Waals surface area contributed by atoms with Gasteiger partial charge in [-0.2, -0.15) is 5.10 Å². The maximum atomic E-state index is 13.4. The van der Waals surface area contributed by atoms with E-state index in [1.165, 1.54) is 11.1 Å². The van der Waals surface area contributed by atoms with Gasteiger partial charge < -0.3 is 15.3 Å². The first-order valence-electron chi connectivity index (χ1n) is 9.28. The Bertz CT molecular complexity index is 1030. The van der Waals surface area contributed by atoms with E-state index in [-0.39, 0.29) is 31.0 Å². The zero-order valence-corrected chi connectivity index (χ0v) is 15.6. The molecular weight excluding hydrogens is 405 g/mol. The van der Waals surface area contributed by atoms with Crippen LogP contribution in [0, 0.1) is 29.3 Å². The predicted octanol–water partition coefficient (Wildman–Crippen LogP) is 1.94. The van der Waals surface area contributed by atoms with E-state index < -0.39 is 41.2 Å². The summed E-state index contributed by atoms with van der Waals surface area (Å²) >= 11 is 0. The number of carboxylic acid groups (broad SMARTS) is 1. The third-order valence-corrected chi connectivity index (χ3v) is 5.44. The molecule has 1 aromatic heterocycles. The minimum atomic E-state index is -1.62. The molecule has 0 spiro atoms. The fourth-order valence-corrected chi connectivity index (χ4v) is 3.84. The van der Waals surface area contributed by atoms with Gasteiger partial charge in [-0.25, -0.2) is 13.2 Å². The van der Waals surface area contributed by atoms with Crippen molar-refractivity contribution in [2.45, 2.75) is 25.8 Å². The van der Waals surface area contributed by atoms with E-state index in [9.17, 15) is 27.6 Å². The van der Waals surface area contributed by atoms with Crippen LogP contribution in [0.25, 0.3) is 0 Å². The number of aromatic nitrogens is 2. The smallest absolute Gasteiger partial charge is 0.308 e. The minimum Gasteiger partial charge on any atom is -0.481 e. The quantitative estimate of drug-likeness (QED) is 0.733. The lowest BCUT2D eigenvalue weighted by Crippen LogP contribution is -2.32. The van der Waals surface area contributed by atoms with Crippen molar-refractivity contribution >= 4 is 29.2 Å². The third-order valence-electron chi connectivity index (χ3n) is 5.44. The van der Waals surface area contributed by atoms with Gasteiger partial charge in [0, 0.05) is 49.7 Å². The van der Waals surface area contributed by atoms with Gasteiger partial charge in [-0.15, -0.1) is 0 Å². The highest BCUT2D eigenvalue weighted by molar-refractivity contribution is 5.99. The fraction of sp³-hybridized carbons (Fsp3) is 0.368. The van der Waals surface area contributed by atoms with E-state index in [1.807, 2.05) is 0 Å². The van der Waals surface area contributed by atoms with Gasteiger partial charge in [0.2, 0.25) is 11.8 Å². The lowest BCUT2D eigenvalue weighted by atomic mass is 9.94. The Kier molecular flexibility index (Phi) is 4.96. The molecule has 0 aliphatic carbocycles. The van der Waals surface area contributed by atoms with Crippen LogP contribution < -0.4 is 10.2 Å². The van der Waals surface area contributed by atoms with Crippen molar-refractivity contribution in [3.63, 3.8) is 0 Å². The zero-order chi connectivity index (χ0) is 21.6. The number of benzene rings is 1. The molecule has 2 N–H and O–H groups in total. The molecular formula is C19H17F3N4O4. The highest BCUT2D eigenvalue weighted by Gasteiger charge is 2.38. The molecule has 4 rings (SSSR count). The summed E-state index contributed by atoms with van der Waals surface area (Å²) in [5.41, 5.74) is 0.868. The summed E-state index contributed by atoms with van der Waals surface area (Å²) in [6, 6.07) is 1.40. The van der Waals surface area contributed by atoms with Crippen LogP contribution in [0.4, 0.5) is 24.5 Å². The van der Waals surface area contributed by atoms with E-state index >= 15 is 0 Å². The molecule has 1 saturated heterocycles. The number of aliphatic carboxylic acids is 1. The molecule has 30 heavy (non-hydrogen) atoms. The molecule has 158 valence electrons. The van der Waals surface area contributed by atoms with Crippen LogP contribution in [0.2, 0.25) is 0 Å². The predicted molar refractivity (Wildman–Crippen MR) is 97.1 cm³/mol.